The Kier molecular flexibility index (Phi) is 7.18. The third-order valence-corrected chi connectivity index (χ3v) is 7.89. The minimum atomic E-state index is -3.65. The molecule has 0 radical (unpaired) electrons. The minimum Gasteiger partial charge on any atom is -0.382 e. The van der Waals surface area contributed by atoms with Crippen LogP contribution in [0.4, 0.5) is 5.82 Å². The molecule has 1 saturated carbocycles. The summed E-state index contributed by atoms with van der Waals surface area (Å²) in [7, 11) is -2.00. The van der Waals surface area contributed by atoms with E-state index in [-0.39, 0.29) is 22.7 Å². The van der Waals surface area contributed by atoms with Gasteiger partial charge >= 0.3 is 0 Å². The summed E-state index contributed by atoms with van der Waals surface area (Å²) in [5.41, 5.74) is 9.71. The highest BCUT2D eigenvalue weighted by molar-refractivity contribution is 7.91. The van der Waals surface area contributed by atoms with Crippen molar-refractivity contribution in [2.75, 3.05) is 32.3 Å². The molecule has 1 aliphatic carbocycles. The molecule has 0 amide bonds. The van der Waals surface area contributed by atoms with Crippen LogP contribution in [0.25, 0.3) is 28.2 Å². The molecule has 11 heteroatoms. The first-order chi connectivity index (χ1) is 17.9. The summed E-state index contributed by atoms with van der Waals surface area (Å²) in [4.78, 5) is 14.0. The number of hydrogen-bond donors (Lipinski definition) is 1. The highest BCUT2D eigenvalue weighted by atomic mass is 32.2. The third kappa shape index (κ3) is 5.20. The largest absolute Gasteiger partial charge is 0.382 e. The number of sulfone groups is 1. The molecule has 1 fully saturated rings. The van der Waals surface area contributed by atoms with Gasteiger partial charge in [0, 0.05) is 48.4 Å². The molecule has 5 rings (SSSR count). The highest BCUT2D eigenvalue weighted by Crippen LogP contribution is 2.39. The summed E-state index contributed by atoms with van der Waals surface area (Å²) in [6, 6.07) is 9.71. The Morgan fingerprint density at radius 1 is 1.00 bits per heavy atom. The Morgan fingerprint density at radius 2 is 1.70 bits per heavy atom. The molecular weight excluding hydrogens is 492 g/mol. The SMILES string of the molecule is COCCOC1CCC(c2nc3c(-c4cnc(-c5ccccc5)nc4)cnn3c(N)c2S(C)(=O)=O)CC1. The molecule has 194 valence electrons. The summed E-state index contributed by atoms with van der Waals surface area (Å²) < 4.78 is 38.0. The monoisotopic (exact) mass is 522 g/mol. The van der Waals surface area contributed by atoms with Crippen molar-refractivity contribution in [2.24, 2.45) is 0 Å². The van der Waals surface area contributed by atoms with Gasteiger partial charge in [-0.2, -0.15) is 9.61 Å². The number of rotatable bonds is 8. The topological polar surface area (TPSA) is 135 Å². The van der Waals surface area contributed by atoms with Gasteiger partial charge in [0.15, 0.2) is 21.3 Å². The number of nitrogens with zero attached hydrogens (tertiary/aromatic N) is 5. The first kappa shape index (κ1) is 25.2. The van der Waals surface area contributed by atoms with Crippen molar-refractivity contribution in [2.45, 2.75) is 42.6 Å². The standard InChI is InChI=1S/C26H30N6O4S/c1-35-12-13-36-20-10-8-17(9-11-20)22-23(37(2,33)34)24(27)32-26(31-22)21(16-30-32)19-14-28-25(29-15-19)18-6-4-3-5-7-18/h3-7,14-17,20H,8-13,27H2,1-2H3. The van der Waals surface area contributed by atoms with E-state index in [1.807, 2.05) is 30.3 Å². The molecule has 0 atom stereocenters. The summed E-state index contributed by atoms with van der Waals surface area (Å²) in [6.45, 7) is 1.09. The number of hydrogen-bond acceptors (Lipinski definition) is 9. The van der Waals surface area contributed by atoms with Crippen LogP contribution in [-0.4, -0.2) is 65.7 Å². The predicted molar refractivity (Wildman–Crippen MR) is 140 cm³/mol. The summed E-state index contributed by atoms with van der Waals surface area (Å²) in [5.74, 6) is 0.616. The van der Waals surface area contributed by atoms with Crippen molar-refractivity contribution in [3.05, 3.63) is 54.6 Å². The number of nitrogens with two attached hydrogens (primary N) is 1. The lowest BCUT2D eigenvalue weighted by atomic mass is 9.85. The van der Waals surface area contributed by atoms with Gasteiger partial charge in [0.2, 0.25) is 0 Å². The van der Waals surface area contributed by atoms with Gasteiger partial charge in [0.05, 0.1) is 31.2 Å². The molecule has 0 unspecified atom stereocenters. The zero-order valence-corrected chi connectivity index (χ0v) is 21.7. The Labute approximate surface area is 215 Å². The summed E-state index contributed by atoms with van der Waals surface area (Å²) in [6.07, 6.45) is 9.47. The number of aromatic nitrogens is 5. The van der Waals surface area contributed by atoms with Gasteiger partial charge in [0.25, 0.3) is 0 Å². The highest BCUT2D eigenvalue weighted by Gasteiger charge is 2.32. The normalized spacial score (nSPS) is 18.3. The van der Waals surface area contributed by atoms with E-state index in [9.17, 15) is 8.42 Å². The van der Waals surface area contributed by atoms with Crippen molar-refractivity contribution >= 4 is 21.3 Å². The zero-order valence-electron chi connectivity index (χ0n) is 20.9. The maximum atomic E-state index is 12.8. The fourth-order valence-corrected chi connectivity index (χ4v) is 5.94. The lowest BCUT2D eigenvalue weighted by Gasteiger charge is -2.29. The van der Waals surface area contributed by atoms with Crippen LogP contribution in [0.5, 0.6) is 0 Å². The first-order valence-electron chi connectivity index (χ1n) is 12.2. The molecule has 10 nitrogen and oxygen atoms in total. The van der Waals surface area contributed by atoms with Crippen LogP contribution in [0, 0.1) is 0 Å². The number of anilines is 1. The molecule has 3 heterocycles. The molecular formula is C26H30N6O4S. The van der Waals surface area contributed by atoms with Gasteiger partial charge in [-0.05, 0) is 25.7 Å². The summed E-state index contributed by atoms with van der Waals surface area (Å²) >= 11 is 0. The van der Waals surface area contributed by atoms with Gasteiger partial charge in [-0.1, -0.05) is 30.3 Å². The van der Waals surface area contributed by atoms with Crippen LogP contribution in [-0.2, 0) is 19.3 Å². The van der Waals surface area contributed by atoms with Crippen LogP contribution >= 0.6 is 0 Å². The van der Waals surface area contributed by atoms with Crippen molar-refractivity contribution in [3.8, 4) is 22.5 Å². The molecule has 3 aromatic heterocycles. The maximum Gasteiger partial charge on any atom is 0.180 e. The second kappa shape index (κ2) is 10.5. The van der Waals surface area contributed by atoms with Crippen molar-refractivity contribution in [3.63, 3.8) is 0 Å². The van der Waals surface area contributed by atoms with Crippen LogP contribution in [0.2, 0.25) is 0 Å². The fourth-order valence-electron chi connectivity index (χ4n) is 4.88. The first-order valence-corrected chi connectivity index (χ1v) is 14.1. The Morgan fingerprint density at radius 3 is 2.35 bits per heavy atom. The number of ether oxygens (including phenoxy) is 2. The number of fused-ring (bicyclic) bond motifs is 1. The second-order valence-electron chi connectivity index (χ2n) is 9.28. The van der Waals surface area contributed by atoms with Crippen LogP contribution in [0.3, 0.4) is 0 Å². The van der Waals surface area contributed by atoms with E-state index in [0.29, 0.717) is 35.9 Å². The molecule has 1 aliphatic rings. The second-order valence-corrected chi connectivity index (χ2v) is 11.2. The fraction of sp³-hybridized carbons (Fsp3) is 0.385. The van der Waals surface area contributed by atoms with Gasteiger partial charge in [-0.15, -0.1) is 0 Å². The van der Waals surface area contributed by atoms with Crippen LogP contribution in [0.1, 0.15) is 37.3 Å². The van der Waals surface area contributed by atoms with Gasteiger partial charge in [-0.3, -0.25) is 0 Å². The minimum absolute atomic E-state index is 0.0501. The predicted octanol–water partition coefficient (Wildman–Crippen LogP) is 3.53. The molecule has 37 heavy (non-hydrogen) atoms. The maximum absolute atomic E-state index is 12.8. The van der Waals surface area contributed by atoms with Crippen molar-refractivity contribution < 1.29 is 17.9 Å². The van der Waals surface area contributed by atoms with Gasteiger partial charge in [-0.25, -0.2) is 23.4 Å². The van der Waals surface area contributed by atoms with Gasteiger partial charge < -0.3 is 15.2 Å². The molecule has 1 aromatic carbocycles. The van der Waals surface area contributed by atoms with Crippen LogP contribution in [0.15, 0.2) is 53.8 Å². The molecule has 0 bridgehead atoms. The number of methoxy groups -OCH3 is 1. The van der Waals surface area contributed by atoms with E-state index in [4.69, 9.17) is 20.2 Å². The van der Waals surface area contributed by atoms with Gasteiger partial charge in [0.1, 0.15) is 10.7 Å². The Balaban J connectivity index is 1.51. The smallest absolute Gasteiger partial charge is 0.180 e. The molecule has 0 spiro atoms. The summed E-state index contributed by atoms with van der Waals surface area (Å²) in [5, 5.41) is 4.37. The zero-order chi connectivity index (χ0) is 26.0. The molecule has 0 aliphatic heterocycles. The number of benzene rings is 1. The van der Waals surface area contributed by atoms with Crippen molar-refractivity contribution in [1.29, 1.82) is 0 Å². The van der Waals surface area contributed by atoms with E-state index < -0.39 is 9.84 Å². The lowest BCUT2D eigenvalue weighted by Crippen LogP contribution is -2.24. The van der Waals surface area contributed by atoms with E-state index in [2.05, 4.69) is 15.1 Å². The van der Waals surface area contributed by atoms with E-state index in [1.54, 1.807) is 25.7 Å². The van der Waals surface area contributed by atoms with E-state index in [0.717, 1.165) is 43.1 Å². The third-order valence-electron chi connectivity index (χ3n) is 6.73. The average Bonchev–Trinajstić information content (AvgIpc) is 3.33. The quantitative estimate of drug-likeness (QED) is 0.345. The molecule has 0 saturated heterocycles. The Hall–Kier alpha value is -3.41. The van der Waals surface area contributed by atoms with Crippen molar-refractivity contribution in [1.82, 2.24) is 24.6 Å². The number of nitrogen functional groups attached to an aromatic ring is 1. The van der Waals surface area contributed by atoms with E-state index >= 15 is 0 Å². The molecule has 4 aromatic rings. The average molecular weight is 523 g/mol. The Bertz CT molecular complexity index is 1480. The lowest BCUT2D eigenvalue weighted by molar-refractivity contribution is -0.00308. The molecule has 2 N–H and O–H groups in total. The van der Waals surface area contributed by atoms with Crippen LogP contribution < -0.4 is 5.73 Å². The van der Waals surface area contributed by atoms with E-state index in [1.165, 1.54) is 4.52 Å².